The minimum Gasteiger partial charge on any atom is -0.245 e. The van der Waals surface area contributed by atoms with Crippen molar-refractivity contribution in [3.8, 4) is 44.8 Å². The number of pyridine rings is 1. The molecule has 0 fully saturated rings. The van der Waals surface area contributed by atoms with Crippen LogP contribution in [-0.4, -0.2) is 15.0 Å². The molecule has 0 aliphatic heterocycles. The van der Waals surface area contributed by atoms with Gasteiger partial charge in [0.25, 0.3) is 0 Å². The van der Waals surface area contributed by atoms with Crippen molar-refractivity contribution in [1.82, 2.24) is 15.0 Å². The van der Waals surface area contributed by atoms with Crippen LogP contribution in [0.3, 0.4) is 0 Å². The standard InChI is InChI=1S/C44H29N3S/c1-3-11-31(12-4-1)34-25-35(32-13-5-2-6-14-32)27-36(26-34)33-15-9-10-29(23-33)22-30-18-19-39-38(24-30)43(46-28-45-39)40-20-21-42-44(47-40)37-16-7-8-17-41(37)48-42/h1-21,23-28H,22H2. The molecule has 0 bridgehead atoms. The summed E-state index contributed by atoms with van der Waals surface area (Å²) in [5, 5.41) is 2.20. The Bertz CT molecular complexity index is 2530. The maximum Gasteiger partial charge on any atom is 0.116 e. The van der Waals surface area contributed by atoms with E-state index in [1.54, 1.807) is 17.7 Å². The lowest BCUT2D eigenvalue weighted by Gasteiger charge is -2.13. The molecule has 3 heterocycles. The first-order valence-corrected chi connectivity index (χ1v) is 16.9. The van der Waals surface area contributed by atoms with Crippen LogP contribution in [0.15, 0.2) is 164 Å². The fourth-order valence-electron chi connectivity index (χ4n) is 6.63. The zero-order chi connectivity index (χ0) is 31.9. The smallest absolute Gasteiger partial charge is 0.116 e. The summed E-state index contributed by atoms with van der Waals surface area (Å²) in [6.45, 7) is 0. The molecule has 0 saturated carbocycles. The largest absolute Gasteiger partial charge is 0.245 e. The van der Waals surface area contributed by atoms with Crippen molar-refractivity contribution >= 4 is 42.5 Å². The molecule has 0 amide bonds. The van der Waals surface area contributed by atoms with E-state index in [4.69, 9.17) is 9.97 Å². The van der Waals surface area contributed by atoms with E-state index in [2.05, 4.69) is 163 Å². The molecule has 9 aromatic rings. The van der Waals surface area contributed by atoms with Crippen LogP contribution in [-0.2, 0) is 6.42 Å². The maximum absolute atomic E-state index is 5.12. The van der Waals surface area contributed by atoms with Crippen LogP contribution in [0.1, 0.15) is 11.1 Å². The van der Waals surface area contributed by atoms with E-state index in [-0.39, 0.29) is 0 Å². The van der Waals surface area contributed by atoms with Gasteiger partial charge in [0.15, 0.2) is 0 Å². The zero-order valence-electron chi connectivity index (χ0n) is 26.0. The summed E-state index contributed by atoms with van der Waals surface area (Å²) in [6, 6.07) is 56.3. The van der Waals surface area contributed by atoms with Crippen LogP contribution in [0.25, 0.3) is 76.0 Å². The Morgan fingerprint density at radius 1 is 0.438 bits per heavy atom. The van der Waals surface area contributed by atoms with Crippen molar-refractivity contribution in [1.29, 1.82) is 0 Å². The van der Waals surface area contributed by atoms with E-state index in [0.29, 0.717) is 0 Å². The second-order valence-electron chi connectivity index (χ2n) is 12.1. The second kappa shape index (κ2) is 12.0. The third kappa shape index (κ3) is 5.32. The summed E-state index contributed by atoms with van der Waals surface area (Å²) >= 11 is 1.78. The predicted octanol–water partition coefficient (Wildman–Crippen LogP) is 11.7. The molecule has 0 saturated heterocycles. The van der Waals surface area contributed by atoms with E-state index in [9.17, 15) is 0 Å². The first kappa shape index (κ1) is 28.3. The van der Waals surface area contributed by atoms with Crippen molar-refractivity contribution in [3.63, 3.8) is 0 Å². The molecule has 0 aliphatic carbocycles. The van der Waals surface area contributed by atoms with Crippen LogP contribution in [0.5, 0.6) is 0 Å². The van der Waals surface area contributed by atoms with Gasteiger partial charge in [0.05, 0.1) is 27.1 Å². The van der Waals surface area contributed by atoms with Crippen LogP contribution < -0.4 is 0 Å². The molecule has 0 atom stereocenters. The fourth-order valence-corrected chi connectivity index (χ4v) is 7.67. The van der Waals surface area contributed by atoms with Crippen molar-refractivity contribution in [3.05, 3.63) is 175 Å². The van der Waals surface area contributed by atoms with Crippen LogP contribution in [0.2, 0.25) is 0 Å². The van der Waals surface area contributed by atoms with E-state index in [1.807, 2.05) is 0 Å². The maximum atomic E-state index is 5.12. The average Bonchev–Trinajstić information content (AvgIpc) is 3.53. The lowest BCUT2D eigenvalue weighted by molar-refractivity contribution is 1.18. The minimum absolute atomic E-state index is 0.795. The van der Waals surface area contributed by atoms with Crippen molar-refractivity contribution in [2.45, 2.75) is 6.42 Å². The highest BCUT2D eigenvalue weighted by Gasteiger charge is 2.13. The van der Waals surface area contributed by atoms with E-state index < -0.39 is 0 Å². The molecule has 0 radical (unpaired) electrons. The summed E-state index contributed by atoms with van der Waals surface area (Å²) in [7, 11) is 0. The van der Waals surface area contributed by atoms with Gasteiger partial charge in [-0.3, -0.25) is 0 Å². The highest BCUT2D eigenvalue weighted by Crippen LogP contribution is 2.36. The number of hydrogen-bond acceptors (Lipinski definition) is 4. The quantitative estimate of drug-likeness (QED) is 0.183. The molecule has 3 aromatic heterocycles. The van der Waals surface area contributed by atoms with Crippen LogP contribution >= 0.6 is 11.3 Å². The monoisotopic (exact) mass is 631 g/mol. The SMILES string of the molecule is c1ccc(-c2cc(-c3ccccc3)cc(-c3cccc(Cc4ccc5ncnc(-c6ccc7sc8ccccc8c7n6)c5c4)c3)c2)cc1. The lowest BCUT2D eigenvalue weighted by atomic mass is 9.92. The molecule has 0 spiro atoms. The van der Waals surface area contributed by atoms with Gasteiger partial charge in [-0.05, 0) is 99.5 Å². The van der Waals surface area contributed by atoms with Gasteiger partial charge in [0, 0.05) is 15.5 Å². The lowest BCUT2D eigenvalue weighted by Crippen LogP contribution is -1.94. The summed E-state index contributed by atoms with van der Waals surface area (Å²) < 4.78 is 2.43. The van der Waals surface area contributed by atoms with Crippen LogP contribution in [0.4, 0.5) is 0 Å². The molecule has 226 valence electrons. The normalized spacial score (nSPS) is 11.4. The van der Waals surface area contributed by atoms with Gasteiger partial charge in [0.2, 0.25) is 0 Å². The Labute approximate surface area is 282 Å². The molecular formula is C44H29N3S. The van der Waals surface area contributed by atoms with Gasteiger partial charge in [0.1, 0.15) is 6.33 Å². The first-order chi connectivity index (χ1) is 23.7. The van der Waals surface area contributed by atoms with Crippen molar-refractivity contribution in [2.24, 2.45) is 0 Å². The molecule has 48 heavy (non-hydrogen) atoms. The number of thiophene rings is 1. The van der Waals surface area contributed by atoms with Gasteiger partial charge in [-0.2, -0.15) is 0 Å². The number of rotatable bonds is 6. The average molecular weight is 632 g/mol. The number of hydrogen-bond donors (Lipinski definition) is 0. The Hall–Kier alpha value is -5.97. The van der Waals surface area contributed by atoms with Crippen LogP contribution in [0, 0.1) is 0 Å². The summed E-state index contributed by atoms with van der Waals surface area (Å²) in [5.74, 6) is 0. The van der Waals surface area contributed by atoms with E-state index in [1.165, 1.54) is 59.3 Å². The molecule has 0 N–H and O–H groups in total. The van der Waals surface area contributed by atoms with Crippen molar-refractivity contribution < 1.29 is 0 Å². The minimum atomic E-state index is 0.795. The zero-order valence-corrected chi connectivity index (χ0v) is 26.9. The van der Waals surface area contributed by atoms with Gasteiger partial charge in [-0.25, -0.2) is 15.0 Å². The molecule has 4 heteroatoms. The van der Waals surface area contributed by atoms with Gasteiger partial charge in [-0.15, -0.1) is 11.3 Å². The summed E-state index contributed by atoms with van der Waals surface area (Å²) in [5.41, 5.74) is 13.4. The predicted molar refractivity (Wildman–Crippen MR) is 201 cm³/mol. The molecule has 0 unspecified atom stereocenters. The third-order valence-corrected chi connectivity index (χ3v) is 10.1. The fraction of sp³-hybridized carbons (Fsp3) is 0.0227. The molecule has 0 aliphatic rings. The Kier molecular flexibility index (Phi) is 7.07. The number of aromatic nitrogens is 3. The highest BCUT2D eigenvalue weighted by molar-refractivity contribution is 7.25. The van der Waals surface area contributed by atoms with E-state index >= 15 is 0 Å². The summed E-state index contributed by atoms with van der Waals surface area (Å²) in [6.07, 6.45) is 2.44. The molecule has 6 aromatic carbocycles. The molecule has 3 nitrogen and oxygen atoms in total. The Morgan fingerprint density at radius 2 is 1.10 bits per heavy atom. The van der Waals surface area contributed by atoms with Crippen molar-refractivity contribution in [2.75, 3.05) is 0 Å². The Morgan fingerprint density at radius 3 is 1.88 bits per heavy atom. The number of fused-ring (bicyclic) bond motifs is 4. The summed E-state index contributed by atoms with van der Waals surface area (Å²) in [4.78, 5) is 14.5. The first-order valence-electron chi connectivity index (χ1n) is 16.1. The number of benzene rings is 6. The third-order valence-electron chi connectivity index (χ3n) is 8.98. The van der Waals surface area contributed by atoms with Gasteiger partial charge >= 0.3 is 0 Å². The highest BCUT2D eigenvalue weighted by atomic mass is 32.1. The van der Waals surface area contributed by atoms with E-state index in [0.717, 1.165) is 34.2 Å². The number of nitrogens with zero attached hydrogens (tertiary/aromatic N) is 3. The molecular weight excluding hydrogens is 603 g/mol. The van der Waals surface area contributed by atoms with Gasteiger partial charge in [-0.1, -0.05) is 109 Å². The second-order valence-corrected chi connectivity index (χ2v) is 13.2. The molecule has 9 rings (SSSR count). The topological polar surface area (TPSA) is 38.7 Å². The van der Waals surface area contributed by atoms with Gasteiger partial charge < -0.3 is 0 Å². The Balaban J connectivity index is 1.09.